The van der Waals surface area contributed by atoms with Crippen LogP contribution in [-0.4, -0.2) is 47.9 Å². The lowest BCUT2D eigenvalue weighted by atomic mass is 10.1. The van der Waals surface area contributed by atoms with Crippen molar-refractivity contribution in [1.29, 1.82) is 0 Å². The van der Waals surface area contributed by atoms with Gasteiger partial charge in [-0.25, -0.2) is 0 Å². The summed E-state index contributed by atoms with van der Waals surface area (Å²) >= 11 is 0. The van der Waals surface area contributed by atoms with Gasteiger partial charge in [0, 0.05) is 11.6 Å². The summed E-state index contributed by atoms with van der Waals surface area (Å²) in [5.74, 6) is -0.0218. The van der Waals surface area contributed by atoms with Gasteiger partial charge in [-0.1, -0.05) is 6.92 Å². The highest BCUT2D eigenvalue weighted by atomic mass is 16.2. The van der Waals surface area contributed by atoms with Crippen molar-refractivity contribution in [3.8, 4) is 0 Å². The summed E-state index contributed by atoms with van der Waals surface area (Å²) in [4.78, 5) is 25.3. The van der Waals surface area contributed by atoms with Crippen molar-refractivity contribution in [2.24, 2.45) is 0 Å². The Morgan fingerprint density at radius 2 is 1.72 bits per heavy atom. The van der Waals surface area contributed by atoms with Crippen LogP contribution in [0.1, 0.15) is 40.5 Å². The van der Waals surface area contributed by atoms with Crippen molar-refractivity contribution in [2.75, 3.05) is 19.6 Å². The zero-order valence-electron chi connectivity index (χ0n) is 11.9. The lowest BCUT2D eigenvalue weighted by Gasteiger charge is -2.24. The number of nitrogens with zero attached hydrogens (tertiary/aromatic N) is 1. The zero-order chi connectivity index (χ0) is 13.8. The molecule has 1 saturated carbocycles. The minimum Gasteiger partial charge on any atom is -0.352 e. The second kappa shape index (κ2) is 6.18. The molecule has 1 rings (SSSR count). The molecule has 0 unspecified atom stereocenters. The van der Waals surface area contributed by atoms with Crippen LogP contribution < -0.4 is 10.6 Å². The molecule has 0 aromatic heterocycles. The van der Waals surface area contributed by atoms with Crippen molar-refractivity contribution in [3.63, 3.8) is 0 Å². The first-order chi connectivity index (χ1) is 8.30. The molecule has 1 aliphatic rings. The summed E-state index contributed by atoms with van der Waals surface area (Å²) in [6.07, 6.45) is 2.17. The lowest BCUT2D eigenvalue weighted by molar-refractivity contribution is -0.125. The molecule has 1 fully saturated rings. The normalized spacial score (nSPS) is 15.6. The number of hydrogen-bond acceptors (Lipinski definition) is 3. The average molecular weight is 255 g/mol. The fourth-order valence-electron chi connectivity index (χ4n) is 1.64. The largest absolute Gasteiger partial charge is 0.352 e. The van der Waals surface area contributed by atoms with Gasteiger partial charge in [-0.3, -0.25) is 14.5 Å². The van der Waals surface area contributed by atoms with E-state index in [1.54, 1.807) is 0 Å². The Kier molecular flexibility index (Phi) is 5.14. The second-order valence-corrected chi connectivity index (χ2v) is 5.94. The van der Waals surface area contributed by atoms with Crippen molar-refractivity contribution < 1.29 is 9.59 Å². The van der Waals surface area contributed by atoms with Gasteiger partial charge < -0.3 is 10.6 Å². The highest BCUT2D eigenvalue weighted by Gasteiger charge is 2.24. The molecule has 1 aliphatic carbocycles. The van der Waals surface area contributed by atoms with E-state index in [4.69, 9.17) is 0 Å². The van der Waals surface area contributed by atoms with Gasteiger partial charge in [-0.05, 0) is 40.2 Å². The summed E-state index contributed by atoms with van der Waals surface area (Å²) in [5.41, 5.74) is -0.229. The number of rotatable bonds is 6. The topological polar surface area (TPSA) is 61.4 Å². The zero-order valence-corrected chi connectivity index (χ0v) is 11.9. The Balaban J connectivity index is 2.31. The van der Waals surface area contributed by atoms with Gasteiger partial charge >= 0.3 is 0 Å². The predicted octanol–water partition coefficient (Wildman–Crippen LogP) is 0.502. The molecule has 0 heterocycles. The van der Waals surface area contributed by atoms with Crippen molar-refractivity contribution >= 4 is 11.8 Å². The summed E-state index contributed by atoms with van der Waals surface area (Å²) in [5, 5.41) is 5.83. The Morgan fingerprint density at radius 1 is 1.17 bits per heavy atom. The van der Waals surface area contributed by atoms with Crippen LogP contribution in [0, 0.1) is 0 Å². The van der Waals surface area contributed by atoms with E-state index in [1.165, 1.54) is 0 Å². The molecule has 0 aliphatic heterocycles. The molecule has 2 N–H and O–H groups in total. The number of carbonyl (C=O) groups excluding carboxylic acids is 2. The van der Waals surface area contributed by atoms with Crippen LogP contribution in [-0.2, 0) is 9.59 Å². The van der Waals surface area contributed by atoms with Gasteiger partial charge in [0.25, 0.3) is 0 Å². The van der Waals surface area contributed by atoms with E-state index in [0.29, 0.717) is 19.1 Å². The smallest absolute Gasteiger partial charge is 0.234 e. The molecule has 0 spiro atoms. The van der Waals surface area contributed by atoms with E-state index in [9.17, 15) is 9.59 Å². The van der Waals surface area contributed by atoms with Gasteiger partial charge in [0.15, 0.2) is 0 Å². The van der Waals surface area contributed by atoms with Gasteiger partial charge in [-0.15, -0.1) is 0 Å². The summed E-state index contributed by atoms with van der Waals surface area (Å²) in [6.45, 7) is 9.05. The van der Waals surface area contributed by atoms with E-state index in [1.807, 2.05) is 32.6 Å². The Bertz CT molecular complexity index is 306. The van der Waals surface area contributed by atoms with Gasteiger partial charge in [-0.2, -0.15) is 0 Å². The van der Waals surface area contributed by atoms with Crippen molar-refractivity contribution in [2.45, 2.75) is 52.1 Å². The van der Waals surface area contributed by atoms with Crippen LogP contribution in [0.15, 0.2) is 0 Å². The SMILES string of the molecule is CCN(CC(=O)NC1CC1)CC(=O)NC(C)(C)C. The maximum atomic E-state index is 11.8. The molecule has 0 saturated heterocycles. The van der Waals surface area contributed by atoms with Crippen molar-refractivity contribution in [1.82, 2.24) is 15.5 Å². The van der Waals surface area contributed by atoms with Crippen LogP contribution >= 0.6 is 0 Å². The van der Waals surface area contributed by atoms with Crippen LogP contribution in [0.2, 0.25) is 0 Å². The minimum atomic E-state index is -0.229. The minimum absolute atomic E-state index is 0.0166. The summed E-state index contributed by atoms with van der Waals surface area (Å²) < 4.78 is 0. The molecule has 0 bridgehead atoms. The summed E-state index contributed by atoms with van der Waals surface area (Å²) in [7, 11) is 0. The average Bonchev–Trinajstić information content (AvgIpc) is 2.97. The molecule has 0 radical (unpaired) electrons. The number of carbonyl (C=O) groups is 2. The molecular formula is C13H25N3O2. The number of hydrogen-bond donors (Lipinski definition) is 2. The first-order valence-corrected chi connectivity index (χ1v) is 6.63. The molecule has 5 nitrogen and oxygen atoms in total. The van der Waals surface area contributed by atoms with Gasteiger partial charge in [0.05, 0.1) is 13.1 Å². The highest BCUT2D eigenvalue weighted by molar-refractivity contribution is 5.81. The molecule has 104 valence electrons. The van der Waals surface area contributed by atoms with E-state index in [2.05, 4.69) is 10.6 Å². The summed E-state index contributed by atoms with van der Waals surface area (Å²) in [6, 6.07) is 0.375. The van der Waals surface area contributed by atoms with Crippen LogP contribution in [0.5, 0.6) is 0 Å². The number of nitrogens with one attached hydrogen (secondary N) is 2. The molecule has 0 aromatic carbocycles. The van der Waals surface area contributed by atoms with E-state index in [0.717, 1.165) is 12.8 Å². The van der Waals surface area contributed by atoms with Gasteiger partial charge in [0.1, 0.15) is 0 Å². The predicted molar refractivity (Wildman–Crippen MR) is 71.2 cm³/mol. The fraction of sp³-hybridized carbons (Fsp3) is 0.846. The highest BCUT2D eigenvalue weighted by Crippen LogP contribution is 2.18. The van der Waals surface area contributed by atoms with E-state index in [-0.39, 0.29) is 23.9 Å². The molecular weight excluding hydrogens is 230 g/mol. The Labute approximate surface area is 109 Å². The molecule has 0 aromatic rings. The molecule has 5 heteroatoms. The third-order valence-corrected chi connectivity index (χ3v) is 2.64. The molecule has 2 amide bonds. The third kappa shape index (κ3) is 6.59. The standard InChI is InChI=1S/C13H25N3O2/c1-5-16(8-11(17)14-10-6-7-10)9-12(18)15-13(2,3)4/h10H,5-9H2,1-4H3,(H,14,17)(H,15,18). The van der Waals surface area contributed by atoms with E-state index >= 15 is 0 Å². The quantitative estimate of drug-likeness (QED) is 0.726. The van der Waals surface area contributed by atoms with Crippen molar-refractivity contribution in [3.05, 3.63) is 0 Å². The first-order valence-electron chi connectivity index (χ1n) is 6.63. The number of likely N-dealkylation sites (N-methyl/N-ethyl adjacent to an activating group) is 1. The molecule has 18 heavy (non-hydrogen) atoms. The van der Waals surface area contributed by atoms with Crippen LogP contribution in [0.4, 0.5) is 0 Å². The Morgan fingerprint density at radius 3 is 2.17 bits per heavy atom. The molecule has 0 atom stereocenters. The maximum absolute atomic E-state index is 11.8. The fourth-order valence-corrected chi connectivity index (χ4v) is 1.64. The first kappa shape index (κ1) is 15.0. The maximum Gasteiger partial charge on any atom is 0.234 e. The van der Waals surface area contributed by atoms with Crippen LogP contribution in [0.25, 0.3) is 0 Å². The van der Waals surface area contributed by atoms with E-state index < -0.39 is 0 Å². The third-order valence-electron chi connectivity index (χ3n) is 2.64. The van der Waals surface area contributed by atoms with Crippen LogP contribution in [0.3, 0.4) is 0 Å². The monoisotopic (exact) mass is 255 g/mol. The lowest BCUT2D eigenvalue weighted by Crippen LogP contribution is -2.48. The second-order valence-electron chi connectivity index (χ2n) is 5.94. The Hall–Kier alpha value is -1.10. The van der Waals surface area contributed by atoms with Gasteiger partial charge in [0.2, 0.25) is 11.8 Å². The number of amides is 2.